The van der Waals surface area contributed by atoms with E-state index in [2.05, 4.69) is 14.6 Å². The molecule has 260 valence electrons. The Morgan fingerprint density at radius 1 is 0.860 bits per heavy atom. The molecule has 3 atom stereocenters. The fourth-order valence-electron chi connectivity index (χ4n) is 6.82. The third-order valence-corrected chi connectivity index (χ3v) is 11.4. The van der Waals surface area contributed by atoms with Gasteiger partial charge in [0.1, 0.15) is 4.90 Å². The minimum absolute atomic E-state index is 0.0289. The number of aliphatic hydroxyl groups is 2. The van der Waals surface area contributed by atoms with Crippen molar-refractivity contribution in [3.05, 3.63) is 142 Å². The third kappa shape index (κ3) is 7.78. The zero-order valence-corrected chi connectivity index (χ0v) is 29.1. The van der Waals surface area contributed by atoms with E-state index in [0.29, 0.717) is 36.3 Å². The Morgan fingerprint density at radius 2 is 1.54 bits per heavy atom. The zero-order chi connectivity index (χ0) is 34.7. The number of nitrogens with one attached hydrogen (secondary N) is 1. The monoisotopic (exact) mass is 713 g/mol. The van der Waals surface area contributed by atoms with E-state index in [0.717, 1.165) is 46.3 Å². The van der Waals surface area contributed by atoms with E-state index in [9.17, 15) is 18.6 Å². The highest BCUT2D eigenvalue weighted by atomic mass is 35.5. The van der Waals surface area contributed by atoms with Crippen LogP contribution in [0.4, 0.5) is 0 Å². The summed E-state index contributed by atoms with van der Waals surface area (Å²) in [6.45, 7) is 2.21. The first-order chi connectivity index (χ1) is 24.2. The second-order valence-corrected chi connectivity index (χ2v) is 15.3. The largest absolute Gasteiger partial charge is 0.392 e. The maximum atomic E-state index is 13.2. The summed E-state index contributed by atoms with van der Waals surface area (Å²) in [5.41, 5.74) is 3.88. The average Bonchev–Trinajstić information content (AvgIpc) is 3.15. The van der Waals surface area contributed by atoms with Crippen LogP contribution in [-0.4, -0.2) is 54.3 Å². The predicted molar refractivity (Wildman–Crippen MR) is 192 cm³/mol. The number of fused-ring (bicyclic) bond motifs is 1. The lowest BCUT2D eigenvalue weighted by atomic mass is 9.84. The number of para-hydroxylation sites is 1. The van der Waals surface area contributed by atoms with Gasteiger partial charge in [0.05, 0.1) is 29.9 Å². The lowest BCUT2D eigenvalue weighted by molar-refractivity contribution is -0.253. The van der Waals surface area contributed by atoms with Gasteiger partial charge in [-0.2, -0.15) is 0 Å². The van der Waals surface area contributed by atoms with Crippen LogP contribution in [0.3, 0.4) is 0 Å². The molecule has 50 heavy (non-hydrogen) atoms. The number of nitrogens with zero attached hydrogens (tertiary/aromatic N) is 2. The van der Waals surface area contributed by atoms with Crippen molar-refractivity contribution in [2.24, 2.45) is 0 Å². The third-order valence-electron chi connectivity index (χ3n) is 9.74. The van der Waals surface area contributed by atoms with Crippen LogP contribution in [0.1, 0.15) is 59.5 Å². The number of sulfonamides is 1. The van der Waals surface area contributed by atoms with E-state index in [1.54, 1.807) is 24.4 Å². The first-order valence-corrected chi connectivity index (χ1v) is 18.7. The van der Waals surface area contributed by atoms with Crippen LogP contribution in [0.2, 0.25) is 5.02 Å². The molecule has 0 radical (unpaired) electrons. The summed E-state index contributed by atoms with van der Waals surface area (Å²) in [6.07, 6.45) is 2.44. The Hall–Kier alpha value is -3.71. The number of ether oxygens (including phenoxy) is 2. The number of piperidine rings is 1. The van der Waals surface area contributed by atoms with Crippen LogP contribution >= 0.6 is 11.6 Å². The van der Waals surface area contributed by atoms with Crippen LogP contribution in [0.25, 0.3) is 10.9 Å². The molecule has 2 fully saturated rings. The van der Waals surface area contributed by atoms with Gasteiger partial charge in [0.2, 0.25) is 10.0 Å². The summed E-state index contributed by atoms with van der Waals surface area (Å²) < 4.78 is 42.3. The first kappa shape index (κ1) is 34.7. The van der Waals surface area contributed by atoms with E-state index in [4.69, 9.17) is 21.1 Å². The zero-order valence-electron chi connectivity index (χ0n) is 27.5. The lowest BCUT2D eigenvalue weighted by Gasteiger charge is -2.42. The number of hydrogen-bond donors (Lipinski definition) is 3. The van der Waals surface area contributed by atoms with Gasteiger partial charge in [0.15, 0.2) is 6.29 Å². The molecule has 0 bridgehead atoms. The van der Waals surface area contributed by atoms with Gasteiger partial charge in [0.25, 0.3) is 0 Å². The number of likely N-dealkylation sites (tertiary alicyclic amines) is 1. The Labute approximate surface area is 297 Å². The molecule has 3 N–H and O–H groups in total. The Morgan fingerprint density at radius 3 is 2.26 bits per heavy atom. The number of aromatic nitrogens is 1. The Balaban J connectivity index is 1.04. The average molecular weight is 714 g/mol. The smallest absolute Gasteiger partial charge is 0.243 e. The summed E-state index contributed by atoms with van der Waals surface area (Å²) in [5.74, 6) is 0. The van der Waals surface area contributed by atoms with E-state index < -0.39 is 21.9 Å². The minimum atomic E-state index is -3.81. The molecule has 2 aliphatic heterocycles. The quantitative estimate of drug-likeness (QED) is 0.152. The van der Waals surface area contributed by atoms with Gasteiger partial charge < -0.3 is 24.6 Å². The van der Waals surface area contributed by atoms with Crippen molar-refractivity contribution in [3.63, 3.8) is 0 Å². The normalized spacial score (nSPS) is 21.3. The summed E-state index contributed by atoms with van der Waals surface area (Å²) in [4.78, 5) is 6.77. The Kier molecular flexibility index (Phi) is 10.3. The van der Waals surface area contributed by atoms with Crippen molar-refractivity contribution in [2.75, 3.05) is 19.6 Å². The van der Waals surface area contributed by atoms with Gasteiger partial charge in [-0.1, -0.05) is 90.5 Å². The highest BCUT2D eigenvalue weighted by Gasteiger charge is 2.37. The highest BCUT2D eigenvalue weighted by molar-refractivity contribution is 7.89. The molecule has 4 aromatic carbocycles. The minimum Gasteiger partial charge on any atom is -0.392 e. The number of halogens is 1. The molecule has 2 saturated heterocycles. The number of pyridine rings is 1. The standard InChI is InChI=1S/C39H40ClN3O6S/c40-33-16-14-32(15-17-33)39(45)18-21-43(22-19-39)25-34-23-35(29-10-8-28(26-44)9-11-29)49-38(48-34)31-12-6-27(7-13-31)24-42-50(46,47)36-5-1-3-30-4-2-20-41-37(30)36/h1-17,20,34-35,38,42,44-45H,18-19,21-26H2. The van der Waals surface area contributed by atoms with Crippen LogP contribution in [0.15, 0.2) is 114 Å². The summed E-state index contributed by atoms with van der Waals surface area (Å²) >= 11 is 6.08. The second kappa shape index (κ2) is 14.9. The van der Waals surface area contributed by atoms with Gasteiger partial charge in [-0.15, -0.1) is 0 Å². The maximum Gasteiger partial charge on any atom is 0.243 e. The number of aliphatic hydroxyl groups excluding tert-OH is 1. The molecule has 3 unspecified atom stereocenters. The molecular formula is C39H40ClN3O6S. The molecule has 0 amide bonds. The summed E-state index contributed by atoms with van der Waals surface area (Å²) in [5, 5.41) is 22.4. The molecular weight excluding hydrogens is 674 g/mol. The topological polar surface area (TPSA) is 121 Å². The summed E-state index contributed by atoms with van der Waals surface area (Å²) in [7, 11) is -3.81. The number of hydrogen-bond acceptors (Lipinski definition) is 8. The van der Waals surface area contributed by atoms with Gasteiger partial charge >= 0.3 is 0 Å². The fourth-order valence-corrected chi connectivity index (χ4v) is 8.14. The molecule has 1 aromatic heterocycles. The van der Waals surface area contributed by atoms with Gasteiger partial charge in [0, 0.05) is 54.8 Å². The van der Waals surface area contributed by atoms with Crippen LogP contribution in [0, 0.1) is 0 Å². The molecule has 2 aliphatic rings. The van der Waals surface area contributed by atoms with E-state index in [1.165, 1.54) is 0 Å². The van der Waals surface area contributed by atoms with Crippen LogP contribution in [-0.2, 0) is 38.2 Å². The molecule has 0 saturated carbocycles. The predicted octanol–water partition coefficient (Wildman–Crippen LogP) is 6.39. The second-order valence-electron chi connectivity index (χ2n) is 13.1. The van der Waals surface area contributed by atoms with E-state index in [-0.39, 0.29) is 30.3 Å². The molecule has 9 nitrogen and oxygen atoms in total. The molecule has 7 rings (SSSR count). The van der Waals surface area contributed by atoms with Crippen molar-refractivity contribution in [3.8, 4) is 0 Å². The maximum absolute atomic E-state index is 13.2. The molecule has 5 aromatic rings. The molecule has 0 aliphatic carbocycles. The van der Waals surface area contributed by atoms with Gasteiger partial charge in [-0.05, 0) is 59.4 Å². The first-order valence-electron chi connectivity index (χ1n) is 16.8. The van der Waals surface area contributed by atoms with Crippen molar-refractivity contribution < 1.29 is 28.1 Å². The van der Waals surface area contributed by atoms with E-state index in [1.807, 2.05) is 84.9 Å². The van der Waals surface area contributed by atoms with Crippen molar-refractivity contribution in [1.82, 2.24) is 14.6 Å². The molecule has 3 heterocycles. The van der Waals surface area contributed by atoms with Crippen molar-refractivity contribution >= 4 is 32.5 Å². The van der Waals surface area contributed by atoms with Gasteiger partial charge in [-0.25, -0.2) is 13.1 Å². The SMILES string of the molecule is O=S(=O)(NCc1ccc(C2OC(CN3CCC(O)(c4ccc(Cl)cc4)CC3)CC(c3ccc(CO)cc3)O2)cc1)c1cccc2cccnc12. The summed E-state index contributed by atoms with van der Waals surface area (Å²) in [6, 6.07) is 31.5. The number of rotatable bonds is 10. The van der Waals surface area contributed by atoms with Crippen LogP contribution < -0.4 is 4.72 Å². The van der Waals surface area contributed by atoms with E-state index >= 15 is 0 Å². The van der Waals surface area contributed by atoms with Gasteiger partial charge in [-0.3, -0.25) is 4.98 Å². The van der Waals surface area contributed by atoms with Crippen molar-refractivity contribution in [1.29, 1.82) is 0 Å². The van der Waals surface area contributed by atoms with Crippen molar-refractivity contribution in [2.45, 2.75) is 61.4 Å². The lowest BCUT2D eigenvalue weighted by Crippen LogP contribution is -2.46. The van der Waals surface area contributed by atoms with Crippen LogP contribution in [0.5, 0.6) is 0 Å². The number of benzene rings is 4. The highest BCUT2D eigenvalue weighted by Crippen LogP contribution is 2.39. The molecule has 11 heteroatoms. The fraction of sp³-hybridized carbons (Fsp3) is 0.308. The molecule has 0 spiro atoms. The Bertz CT molecular complexity index is 2010.